The van der Waals surface area contributed by atoms with Crippen LogP contribution in [0.1, 0.15) is 48.1 Å². The summed E-state index contributed by atoms with van der Waals surface area (Å²) in [6.07, 6.45) is 3.21. The van der Waals surface area contributed by atoms with Crippen molar-refractivity contribution in [2.75, 3.05) is 18.4 Å². The van der Waals surface area contributed by atoms with Gasteiger partial charge in [-0.2, -0.15) is 4.31 Å². The van der Waals surface area contributed by atoms with Gasteiger partial charge in [-0.05, 0) is 18.9 Å². The lowest BCUT2D eigenvalue weighted by Gasteiger charge is -2.13. The van der Waals surface area contributed by atoms with Gasteiger partial charge in [-0.15, -0.1) is 10.2 Å². The van der Waals surface area contributed by atoms with E-state index < -0.39 is 15.9 Å². The molecule has 1 fully saturated rings. The summed E-state index contributed by atoms with van der Waals surface area (Å²) < 4.78 is 28.2. The molecule has 0 aromatic carbocycles. The number of aryl methyl sites for hydroxylation is 1. The number of nitrogens with zero attached hydrogens (tertiary/aromatic N) is 4. The molecule has 8 nitrogen and oxygen atoms in total. The van der Waals surface area contributed by atoms with Crippen molar-refractivity contribution in [1.29, 1.82) is 0 Å². The number of hydrogen-bond acceptors (Lipinski definition) is 6. The summed E-state index contributed by atoms with van der Waals surface area (Å²) in [6, 6.07) is 1.41. The smallest absolute Gasteiger partial charge is 0.274 e. The lowest BCUT2D eigenvalue weighted by molar-refractivity contribution is 0.101. The molecule has 10 heteroatoms. The lowest BCUT2D eigenvalue weighted by atomic mass is 10.2. The third kappa shape index (κ3) is 3.60. The molecule has 0 spiro atoms. The number of carbonyl (C=O) groups is 1. The van der Waals surface area contributed by atoms with Gasteiger partial charge in [0.1, 0.15) is 15.6 Å². The van der Waals surface area contributed by atoms with Gasteiger partial charge in [0.05, 0.1) is 0 Å². The standard InChI is InChI=1S/C15H21N5O3S2/c1-10(2)14-17-18-15(24-14)16-13(21)12-8-11(9-19(12)3)25(22,23)20-6-4-5-7-20/h8-10H,4-7H2,1-3H3,(H,16,18,21). The van der Waals surface area contributed by atoms with Gasteiger partial charge in [-0.3, -0.25) is 10.1 Å². The average Bonchev–Trinajstić information content (AvgIpc) is 3.27. The van der Waals surface area contributed by atoms with Gasteiger partial charge in [-0.1, -0.05) is 25.2 Å². The van der Waals surface area contributed by atoms with Crippen molar-refractivity contribution in [2.24, 2.45) is 7.05 Å². The number of anilines is 1. The van der Waals surface area contributed by atoms with Crippen LogP contribution in [0.25, 0.3) is 0 Å². The Morgan fingerprint density at radius 2 is 1.96 bits per heavy atom. The minimum absolute atomic E-state index is 0.141. The zero-order valence-corrected chi connectivity index (χ0v) is 16.0. The van der Waals surface area contributed by atoms with E-state index in [-0.39, 0.29) is 16.5 Å². The molecule has 1 aliphatic heterocycles. The van der Waals surface area contributed by atoms with E-state index in [0.717, 1.165) is 17.8 Å². The van der Waals surface area contributed by atoms with Crippen LogP contribution in [0, 0.1) is 0 Å². The van der Waals surface area contributed by atoms with Gasteiger partial charge in [0.2, 0.25) is 15.2 Å². The molecule has 0 saturated carbocycles. The Kier molecular flexibility index (Phi) is 4.94. The van der Waals surface area contributed by atoms with Gasteiger partial charge >= 0.3 is 0 Å². The summed E-state index contributed by atoms with van der Waals surface area (Å²) in [5.74, 6) is -0.174. The van der Waals surface area contributed by atoms with Crippen molar-refractivity contribution in [3.05, 3.63) is 23.0 Å². The highest BCUT2D eigenvalue weighted by atomic mass is 32.2. The van der Waals surface area contributed by atoms with Crippen molar-refractivity contribution in [3.8, 4) is 0 Å². The van der Waals surface area contributed by atoms with Gasteiger partial charge in [0.15, 0.2) is 0 Å². The van der Waals surface area contributed by atoms with Crippen LogP contribution in [-0.4, -0.2) is 46.5 Å². The predicted molar refractivity (Wildman–Crippen MR) is 95.4 cm³/mol. The van der Waals surface area contributed by atoms with Crippen LogP contribution in [0.5, 0.6) is 0 Å². The zero-order valence-electron chi connectivity index (χ0n) is 14.4. The normalized spacial score (nSPS) is 15.8. The second-order valence-corrected chi connectivity index (χ2v) is 9.28. The first-order valence-electron chi connectivity index (χ1n) is 8.10. The molecule has 0 atom stereocenters. The number of nitrogens with one attached hydrogen (secondary N) is 1. The Balaban J connectivity index is 1.80. The SMILES string of the molecule is CC(C)c1nnc(NC(=O)c2cc(S(=O)(=O)N3CCCC3)cn2C)s1. The first-order valence-corrected chi connectivity index (χ1v) is 10.4. The number of hydrogen-bond donors (Lipinski definition) is 1. The predicted octanol–water partition coefficient (Wildman–Crippen LogP) is 2.04. The molecule has 1 aliphatic rings. The first kappa shape index (κ1) is 18.0. The highest BCUT2D eigenvalue weighted by Gasteiger charge is 2.29. The molecule has 2 aromatic heterocycles. The van der Waals surface area contributed by atoms with E-state index >= 15 is 0 Å². The third-order valence-electron chi connectivity index (χ3n) is 4.07. The minimum Gasteiger partial charge on any atom is -0.345 e. The third-order valence-corrected chi connectivity index (χ3v) is 7.07. The van der Waals surface area contributed by atoms with E-state index in [1.165, 1.54) is 32.5 Å². The van der Waals surface area contributed by atoms with Crippen LogP contribution in [0.4, 0.5) is 5.13 Å². The molecule has 1 amide bonds. The van der Waals surface area contributed by atoms with Crippen molar-refractivity contribution in [3.63, 3.8) is 0 Å². The summed E-state index contributed by atoms with van der Waals surface area (Å²) in [6.45, 7) is 5.06. The second-order valence-electron chi connectivity index (χ2n) is 6.34. The highest BCUT2D eigenvalue weighted by Crippen LogP contribution is 2.25. The second kappa shape index (κ2) is 6.85. The molecule has 3 heterocycles. The van der Waals surface area contributed by atoms with Crippen molar-refractivity contribution in [1.82, 2.24) is 19.1 Å². The molecule has 136 valence electrons. The van der Waals surface area contributed by atoms with Gasteiger partial charge in [-0.25, -0.2) is 8.42 Å². The van der Waals surface area contributed by atoms with E-state index in [2.05, 4.69) is 15.5 Å². The van der Waals surface area contributed by atoms with Crippen LogP contribution in [0.3, 0.4) is 0 Å². The summed E-state index contributed by atoms with van der Waals surface area (Å²) in [7, 11) is -1.90. The van der Waals surface area contributed by atoms with Gasteiger partial charge in [0, 0.05) is 32.3 Å². The van der Waals surface area contributed by atoms with Crippen LogP contribution >= 0.6 is 11.3 Å². The Hall–Kier alpha value is -1.78. The zero-order chi connectivity index (χ0) is 18.2. The fourth-order valence-electron chi connectivity index (χ4n) is 2.66. The molecular formula is C15H21N5O3S2. The van der Waals surface area contributed by atoms with E-state index in [9.17, 15) is 13.2 Å². The topological polar surface area (TPSA) is 97.2 Å². The molecule has 0 bridgehead atoms. The quantitative estimate of drug-likeness (QED) is 0.852. The van der Waals surface area contributed by atoms with Crippen molar-refractivity contribution in [2.45, 2.75) is 37.5 Å². The first-order chi connectivity index (χ1) is 11.8. The molecule has 2 aromatic rings. The molecule has 0 unspecified atom stereocenters. The van der Waals surface area contributed by atoms with Crippen LogP contribution in [-0.2, 0) is 17.1 Å². The molecular weight excluding hydrogens is 362 g/mol. The number of rotatable bonds is 5. The average molecular weight is 383 g/mol. The number of carbonyl (C=O) groups excluding carboxylic acids is 1. The molecule has 1 saturated heterocycles. The maximum atomic E-state index is 12.6. The summed E-state index contributed by atoms with van der Waals surface area (Å²) in [5.41, 5.74) is 0.263. The number of sulfonamides is 1. The fraction of sp³-hybridized carbons (Fsp3) is 0.533. The molecule has 3 rings (SSSR count). The number of aromatic nitrogens is 3. The van der Waals surface area contributed by atoms with E-state index in [0.29, 0.717) is 18.2 Å². The van der Waals surface area contributed by atoms with Crippen LogP contribution < -0.4 is 5.32 Å². The Labute approximate surface area is 150 Å². The van der Waals surface area contributed by atoms with E-state index in [1.54, 1.807) is 7.05 Å². The molecule has 1 N–H and O–H groups in total. The Morgan fingerprint density at radius 3 is 2.56 bits per heavy atom. The van der Waals surface area contributed by atoms with Crippen molar-refractivity contribution >= 4 is 32.4 Å². The molecule has 0 aliphatic carbocycles. The summed E-state index contributed by atoms with van der Waals surface area (Å²) >= 11 is 1.31. The molecule has 0 radical (unpaired) electrons. The van der Waals surface area contributed by atoms with E-state index in [4.69, 9.17) is 0 Å². The highest BCUT2D eigenvalue weighted by molar-refractivity contribution is 7.89. The van der Waals surface area contributed by atoms with Gasteiger partial charge in [0.25, 0.3) is 5.91 Å². The van der Waals surface area contributed by atoms with Gasteiger partial charge < -0.3 is 4.57 Å². The van der Waals surface area contributed by atoms with Crippen molar-refractivity contribution < 1.29 is 13.2 Å². The van der Waals surface area contributed by atoms with Crippen LogP contribution in [0.2, 0.25) is 0 Å². The minimum atomic E-state index is -3.55. The largest absolute Gasteiger partial charge is 0.345 e. The maximum absolute atomic E-state index is 12.6. The fourth-order valence-corrected chi connectivity index (χ4v) is 4.99. The summed E-state index contributed by atoms with van der Waals surface area (Å²) in [4.78, 5) is 12.6. The Bertz CT molecular complexity index is 879. The molecule has 25 heavy (non-hydrogen) atoms. The monoisotopic (exact) mass is 383 g/mol. The lowest BCUT2D eigenvalue weighted by Crippen LogP contribution is -2.27. The van der Waals surface area contributed by atoms with Crippen LogP contribution in [0.15, 0.2) is 17.2 Å². The van der Waals surface area contributed by atoms with E-state index in [1.807, 2.05) is 13.8 Å². The number of amides is 1. The Morgan fingerprint density at radius 1 is 1.28 bits per heavy atom. The maximum Gasteiger partial charge on any atom is 0.274 e. The summed E-state index contributed by atoms with van der Waals surface area (Å²) in [5, 5.41) is 11.9.